The van der Waals surface area contributed by atoms with E-state index in [-0.39, 0.29) is 5.91 Å². The van der Waals surface area contributed by atoms with Crippen molar-refractivity contribution >= 4 is 35.1 Å². The molecule has 0 fully saturated rings. The molecule has 0 atom stereocenters. The van der Waals surface area contributed by atoms with Crippen LogP contribution in [0.5, 0.6) is 5.75 Å². The zero-order chi connectivity index (χ0) is 19.1. The van der Waals surface area contributed by atoms with Crippen LogP contribution < -0.4 is 10.1 Å². The van der Waals surface area contributed by atoms with Gasteiger partial charge in [-0.3, -0.25) is 4.79 Å². The molecule has 140 valence electrons. The SMILES string of the molecule is CCOc1ccc(SCC(=O)Nc2ccnn2Cc2ccc(Cl)cc2)cc1. The van der Waals surface area contributed by atoms with Crippen molar-refractivity contribution in [1.82, 2.24) is 9.78 Å². The molecule has 2 aromatic carbocycles. The minimum Gasteiger partial charge on any atom is -0.494 e. The van der Waals surface area contributed by atoms with Crippen LogP contribution in [0.1, 0.15) is 12.5 Å². The van der Waals surface area contributed by atoms with Gasteiger partial charge < -0.3 is 10.1 Å². The van der Waals surface area contributed by atoms with Crippen LogP contribution in [0.25, 0.3) is 0 Å². The van der Waals surface area contributed by atoms with Gasteiger partial charge in [-0.15, -0.1) is 11.8 Å². The highest BCUT2D eigenvalue weighted by Crippen LogP contribution is 2.22. The van der Waals surface area contributed by atoms with Crippen molar-refractivity contribution in [1.29, 1.82) is 0 Å². The van der Waals surface area contributed by atoms with Gasteiger partial charge in [-0.1, -0.05) is 23.7 Å². The molecule has 0 saturated carbocycles. The van der Waals surface area contributed by atoms with Crippen LogP contribution in [0, 0.1) is 0 Å². The Hall–Kier alpha value is -2.44. The molecule has 0 radical (unpaired) electrons. The van der Waals surface area contributed by atoms with Crippen molar-refractivity contribution in [2.75, 3.05) is 17.7 Å². The topological polar surface area (TPSA) is 56.1 Å². The van der Waals surface area contributed by atoms with Gasteiger partial charge in [0.05, 0.1) is 25.1 Å². The van der Waals surface area contributed by atoms with E-state index in [0.717, 1.165) is 16.2 Å². The number of anilines is 1. The van der Waals surface area contributed by atoms with E-state index >= 15 is 0 Å². The minimum atomic E-state index is -0.0771. The van der Waals surface area contributed by atoms with Gasteiger partial charge in [0, 0.05) is 16.0 Å². The lowest BCUT2D eigenvalue weighted by Gasteiger charge is -2.09. The molecule has 0 aliphatic heterocycles. The van der Waals surface area contributed by atoms with Gasteiger partial charge in [-0.25, -0.2) is 4.68 Å². The first-order chi connectivity index (χ1) is 13.1. The summed E-state index contributed by atoms with van der Waals surface area (Å²) in [5.41, 5.74) is 1.06. The number of carbonyl (C=O) groups excluding carboxylic acids is 1. The van der Waals surface area contributed by atoms with E-state index in [2.05, 4.69) is 10.4 Å². The van der Waals surface area contributed by atoms with Gasteiger partial charge >= 0.3 is 0 Å². The predicted molar refractivity (Wildman–Crippen MR) is 110 cm³/mol. The summed E-state index contributed by atoms with van der Waals surface area (Å²) < 4.78 is 7.17. The third kappa shape index (κ3) is 5.77. The van der Waals surface area contributed by atoms with Crippen molar-refractivity contribution in [3.63, 3.8) is 0 Å². The molecule has 5 nitrogen and oxygen atoms in total. The highest BCUT2D eigenvalue weighted by molar-refractivity contribution is 8.00. The lowest BCUT2D eigenvalue weighted by Crippen LogP contribution is -2.17. The summed E-state index contributed by atoms with van der Waals surface area (Å²) in [5.74, 6) is 1.74. The van der Waals surface area contributed by atoms with E-state index < -0.39 is 0 Å². The fourth-order valence-electron chi connectivity index (χ4n) is 2.45. The highest BCUT2D eigenvalue weighted by Gasteiger charge is 2.09. The number of nitrogens with one attached hydrogen (secondary N) is 1. The second kappa shape index (κ2) is 9.48. The van der Waals surface area contributed by atoms with Gasteiger partial charge in [0.25, 0.3) is 0 Å². The van der Waals surface area contributed by atoms with E-state index in [9.17, 15) is 4.79 Å². The van der Waals surface area contributed by atoms with Gasteiger partial charge in [0.2, 0.25) is 5.91 Å². The first-order valence-corrected chi connectivity index (χ1v) is 9.92. The minimum absolute atomic E-state index is 0.0771. The molecule has 1 amide bonds. The number of ether oxygens (including phenoxy) is 1. The fraction of sp³-hybridized carbons (Fsp3) is 0.200. The quantitative estimate of drug-likeness (QED) is 0.555. The summed E-state index contributed by atoms with van der Waals surface area (Å²) in [5, 5.41) is 7.89. The van der Waals surface area contributed by atoms with Crippen LogP contribution in [-0.2, 0) is 11.3 Å². The molecule has 3 aromatic rings. The van der Waals surface area contributed by atoms with Crippen molar-refractivity contribution in [3.8, 4) is 5.75 Å². The number of aromatic nitrogens is 2. The molecular weight excluding hydrogens is 382 g/mol. The van der Waals surface area contributed by atoms with Crippen molar-refractivity contribution in [2.45, 2.75) is 18.4 Å². The van der Waals surface area contributed by atoms with Gasteiger partial charge in [0.15, 0.2) is 0 Å². The van der Waals surface area contributed by atoms with Crippen molar-refractivity contribution in [2.24, 2.45) is 0 Å². The van der Waals surface area contributed by atoms with E-state index in [4.69, 9.17) is 16.3 Å². The maximum Gasteiger partial charge on any atom is 0.235 e. The number of hydrogen-bond donors (Lipinski definition) is 1. The number of carbonyl (C=O) groups is 1. The predicted octanol–water partition coefficient (Wildman–Crippen LogP) is 4.71. The number of amides is 1. The second-order valence-electron chi connectivity index (χ2n) is 5.74. The Kier molecular flexibility index (Phi) is 6.79. The number of rotatable bonds is 8. The zero-order valence-corrected chi connectivity index (χ0v) is 16.5. The molecule has 0 unspecified atom stereocenters. The Morgan fingerprint density at radius 1 is 1.15 bits per heavy atom. The Balaban J connectivity index is 1.53. The fourth-order valence-corrected chi connectivity index (χ4v) is 3.28. The Labute approximate surface area is 167 Å². The van der Waals surface area contributed by atoms with Crippen molar-refractivity contribution in [3.05, 3.63) is 71.4 Å². The monoisotopic (exact) mass is 401 g/mol. The molecule has 0 bridgehead atoms. The summed E-state index contributed by atoms with van der Waals surface area (Å²) in [6.45, 7) is 3.15. The van der Waals surface area contributed by atoms with Crippen LogP contribution in [0.2, 0.25) is 5.02 Å². The third-order valence-corrected chi connectivity index (χ3v) is 5.00. The second-order valence-corrected chi connectivity index (χ2v) is 7.23. The Bertz CT molecular complexity index is 879. The zero-order valence-electron chi connectivity index (χ0n) is 14.9. The van der Waals surface area contributed by atoms with Crippen LogP contribution in [-0.4, -0.2) is 28.0 Å². The average molecular weight is 402 g/mol. The molecule has 0 saturated heterocycles. The van der Waals surface area contributed by atoms with Crippen LogP contribution in [0.15, 0.2) is 65.7 Å². The highest BCUT2D eigenvalue weighted by atomic mass is 35.5. The smallest absolute Gasteiger partial charge is 0.235 e. The molecule has 0 aliphatic rings. The maximum atomic E-state index is 12.3. The summed E-state index contributed by atoms with van der Waals surface area (Å²) in [6, 6.07) is 17.1. The molecule has 3 rings (SSSR count). The molecule has 0 spiro atoms. The van der Waals surface area contributed by atoms with E-state index in [1.807, 2.05) is 55.5 Å². The van der Waals surface area contributed by atoms with Gasteiger partial charge in [0.1, 0.15) is 11.6 Å². The molecule has 1 aromatic heterocycles. The summed E-state index contributed by atoms with van der Waals surface area (Å²) >= 11 is 7.39. The maximum absolute atomic E-state index is 12.3. The van der Waals surface area contributed by atoms with Gasteiger partial charge in [-0.05, 0) is 48.9 Å². The lowest BCUT2D eigenvalue weighted by molar-refractivity contribution is -0.113. The third-order valence-electron chi connectivity index (χ3n) is 3.73. The first kappa shape index (κ1) is 19.3. The Morgan fingerprint density at radius 3 is 2.59 bits per heavy atom. The lowest BCUT2D eigenvalue weighted by atomic mass is 10.2. The van der Waals surface area contributed by atoms with E-state index in [1.54, 1.807) is 16.9 Å². The number of nitrogens with zero attached hydrogens (tertiary/aromatic N) is 2. The number of hydrogen-bond acceptors (Lipinski definition) is 4. The molecule has 7 heteroatoms. The number of thioether (sulfide) groups is 1. The molecule has 0 aliphatic carbocycles. The molecule has 27 heavy (non-hydrogen) atoms. The summed E-state index contributed by atoms with van der Waals surface area (Å²) in [7, 11) is 0. The first-order valence-electron chi connectivity index (χ1n) is 8.56. The average Bonchev–Trinajstić information content (AvgIpc) is 3.10. The number of benzene rings is 2. The molecular formula is C20H20ClN3O2S. The summed E-state index contributed by atoms with van der Waals surface area (Å²) in [4.78, 5) is 13.3. The van der Waals surface area contributed by atoms with Crippen LogP contribution in [0.3, 0.4) is 0 Å². The van der Waals surface area contributed by atoms with Crippen LogP contribution >= 0.6 is 23.4 Å². The standard InChI is InChI=1S/C20H20ClN3O2S/c1-2-26-17-7-9-18(10-8-17)27-14-20(25)23-19-11-12-22-24(19)13-15-3-5-16(21)6-4-15/h3-12H,2,13-14H2,1H3,(H,23,25). The van der Waals surface area contributed by atoms with Crippen molar-refractivity contribution < 1.29 is 9.53 Å². The Morgan fingerprint density at radius 2 is 1.89 bits per heavy atom. The van der Waals surface area contributed by atoms with E-state index in [1.165, 1.54) is 11.8 Å². The summed E-state index contributed by atoms with van der Waals surface area (Å²) in [6.07, 6.45) is 1.67. The van der Waals surface area contributed by atoms with Crippen LogP contribution in [0.4, 0.5) is 5.82 Å². The molecule has 1 heterocycles. The normalized spacial score (nSPS) is 10.6. The number of halogens is 1. The molecule has 1 N–H and O–H groups in total. The van der Waals surface area contributed by atoms with E-state index in [0.29, 0.717) is 29.7 Å². The largest absolute Gasteiger partial charge is 0.494 e. The van der Waals surface area contributed by atoms with Gasteiger partial charge in [-0.2, -0.15) is 5.10 Å².